The summed E-state index contributed by atoms with van der Waals surface area (Å²) < 4.78 is 2.10. The molecule has 0 aliphatic heterocycles. The second kappa shape index (κ2) is 6.61. The Balaban J connectivity index is 2.34. The summed E-state index contributed by atoms with van der Waals surface area (Å²) in [5, 5.41) is 9.58. The topological polar surface area (TPSA) is 55.1 Å². The van der Waals surface area contributed by atoms with Crippen LogP contribution in [0.1, 0.15) is 13.8 Å². The molecule has 4 nitrogen and oxygen atoms in total. The van der Waals surface area contributed by atoms with Crippen molar-refractivity contribution in [3.8, 4) is 11.3 Å². The number of hydrogen-bond donors (Lipinski definition) is 1. The van der Waals surface area contributed by atoms with Gasteiger partial charge in [0.2, 0.25) is 0 Å². The fourth-order valence-electron chi connectivity index (χ4n) is 1.98. The maximum Gasteiger partial charge on any atom is 0.313 e. The van der Waals surface area contributed by atoms with Crippen LogP contribution in [-0.2, 0) is 11.3 Å². The van der Waals surface area contributed by atoms with Gasteiger partial charge in [-0.25, -0.2) is 4.98 Å². The quantitative estimate of drug-likeness (QED) is 0.829. The fourth-order valence-corrected chi connectivity index (χ4v) is 2.69. The van der Waals surface area contributed by atoms with Gasteiger partial charge < -0.3 is 9.67 Å². The van der Waals surface area contributed by atoms with Gasteiger partial charge in [0.15, 0.2) is 5.16 Å². The Morgan fingerprint density at radius 1 is 1.35 bits per heavy atom. The molecule has 0 bridgehead atoms. The van der Waals surface area contributed by atoms with Gasteiger partial charge in [-0.15, -0.1) is 0 Å². The molecule has 0 radical (unpaired) electrons. The Kier molecular flexibility index (Phi) is 4.84. The number of aliphatic carboxylic acids is 1. The number of carbonyl (C=O) groups is 1. The molecule has 1 heterocycles. The van der Waals surface area contributed by atoms with Crippen molar-refractivity contribution in [3.63, 3.8) is 0 Å². The van der Waals surface area contributed by atoms with Crippen molar-refractivity contribution < 1.29 is 9.90 Å². The highest BCUT2D eigenvalue weighted by atomic mass is 32.2. The minimum atomic E-state index is -0.824. The SMILES string of the molecule is CC(C)Cn1c(-c2ccccc2)cnc1SCC(=O)O. The van der Waals surface area contributed by atoms with Gasteiger partial charge in [0.05, 0.1) is 17.6 Å². The van der Waals surface area contributed by atoms with E-state index in [1.165, 1.54) is 11.8 Å². The molecule has 2 aromatic rings. The number of rotatable bonds is 6. The van der Waals surface area contributed by atoms with Crippen LogP contribution in [0.3, 0.4) is 0 Å². The summed E-state index contributed by atoms with van der Waals surface area (Å²) in [4.78, 5) is 15.1. The van der Waals surface area contributed by atoms with Gasteiger partial charge in [0, 0.05) is 6.54 Å². The van der Waals surface area contributed by atoms with E-state index in [4.69, 9.17) is 5.11 Å². The molecule has 0 aliphatic carbocycles. The third kappa shape index (κ3) is 3.63. The fraction of sp³-hybridized carbons (Fsp3) is 0.333. The van der Waals surface area contributed by atoms with E-state index in [0.717, 1.165) is 23.0 Å². The van der Waals surface area contributed by atoms with Gasteiger partial charge in [-0.05, 0) is 11.5 Å². The minimum Gasteiger partial charge on any atom is -0.481 e. The molecule has 1 aromatic heterocycles. The first-order valence-corrected chi connectivity index (χ1v) is 7.52. The number of thioether (sulfide) groups is 1. The molecule has 20 heavy (non-hydrogen) atoms. The largest absolute Gasteiger partial charge is 0.481 e. The molecule has 0 amide bonds. The van der Waals surface area contributed by atoms with Crippen LogP contribution in [0.5, 0.6) is 0 Å². The molecule has 0 saturated heterocycles. The zero-order valence-electron chi connectivity index (χ0n) is 11.6. The van der Waals surface area contributed by atoms with Crippen molar-refractivity contribution in [1.82, 2.24) is 9.55 Å². The Morgan fingerprint density at radius 3 is 2.65 bits per heavy atom. The van der Waals surface area contributed by atoms with Gasteiger partial charge in [-0.1, -0.05) is 55.9 Å². The molecule has 0 saturated carbocycles. The van der Waals surface area contributed by atoms with Crippen LogP contribution >= 0.6 is 11.8 Å². The van der Waals surface area contributed by atoms with Gasteiger partial charge >= 0.3 is 5.97 Å². The maximum absolute atomic E-state index is 10.7. The minimum absolute atomic E-state index is 0.0311. The van der Waals surface area contributed by atoms with Gasteiger partial charge in [-0.3, -0.25) is 4.79 Å². The van der Waals surface area contributed by atoms with Crippen molar-refractivity contribution in [3.05, 3.63) is 36.5 Å². The van der Waals surface area contributed by atoms with E-state index < -0.39 is 5.97 Å². The van der Waals surface area contributed by atoms with E-state index in [1.807, 2.05) is 36.5 Å². The Bertz CT molecular complexity index is 579. The summed E-state index contributed by atoms with van der Waals surface area (Å²) >= 11 is 1.26. The Morgan fingerprint density at radius 2 is 2.05 bits per heavy atom. The average Bonchev–Trinajstić information content (AvgIpc) is 2.79. The monoisotopic (exact) mass is 290 g/mol. The molecular weight excluding hydrogens is 272 g/mol. The number of imidazole rings is 1. The summed E-state index contributed by atoms with van der Waals surface area (Å²) in [5.74, 6) is -0.324. The molecule has 0 unspecified atom stereocenters. The smallest absolute Gasteiger partial charge is 0.313 e. The summed E-state index contributed by atoms with van der Waals surface area (Å²) in [6, 6.07) is 10.0. The van der Waals surface area contributed by atoms with Crippen LogP contribution in [0.15, 0.2) is 41.7 Å². The third-order valence-electron chi connectivity index (χ3n) is 2.76. The molecule has 5 heteroatoms. The van der Waals surface area contributed by atoms with E-state index in [-0.39, 0.29) is 5.75 Å². The lowest BCUT2D eigenvalue weighted by Crippen LogP contribution is -2.08. The lowest BCUT2D eigenvalue weighted by molar-refractivity contribution is -0.133. The number of hydrogen-bond acceptors (Lipinski definition) is 3. The molecule has 0 spiro atoms. The second-order valence-corrected chi connectivity index (χ2v) is 5.92. The standard InChI is InChI=1S/C15H18N2O2S/c1-11(2)9-17-13(12-6-4-3-5-7-12)8-16-15(17)20-10-14(18)19/h3-8,11H,9-10H2,1-2H3,(H,18,19). The second-order valence-electron chi connectivity index (χ2n) is 4.98. The summed E-state index contributed by atoms with van der Waals surface area (Å²) in [6.45, 7) is 5.10. The number of benzene rings is 1. The zero-order valence-corrected chi connectivity index (χ0v) is 12.4. The van der Waals surface area contributed by atoms with Gasteiger partial charge in [0.1, 0.15) is 0 Å². The van der Waals surface area contributed by atoms with Gasteiger partial charge in [0.25, 0.3) is 0 Å². The first-order valence-electron chi connectivity index (χ1n) is 6.53. The molecule has 0 fully saturated rings. The molecule has 0 atom stereocenters. The molecule has 2 rings (SSSR count). The van der Waals surface area contributed by atoms with Crippen molar-refractivity contribution in [2.24, 2.45) is 5.92 Å². The van der Waals surface area contributed by atoms with Crippen LogP contribution in [0, 0.1) is 5.92 Å². The van der Waals surface area contributed by atoms with Crippen molar-refractivity contribution in [2.45, 2.75) is 25.5 Å². The van der Waals surface area contributed by atoms with Crippen molar-refractivity contribution >= 4 is 17.7 Å². The van der Waals surface area contributed by atoms with Crippen LogP contribution in [0.25, 0.3) is 11.3 Å². The zero-order chi connectivity index (χ0) is 14.5. The first-order chi connectivity index (χ1) is 9.58. The predicted octanol–water partition coefficient (Wildman–Crippen LogP) is 3.38. The van der Waals surface area contributed by atoms with Crippen LogP contribution in [0.2, 0.25) is 0 Å². The number of carboxylic acids is 1. The molecular formula is C15H18N2O2S. The number of nitrogens with zero attached hydrogens (tertiary/aromatic N) is 2. The Labute approximate surface area is 122 Å². The lowest BCUT2D eigenvalue weighted by atomic mass is 10.1. The molecule has 106 valence electrons. The predicted molar refractivity (Wildman–Crippen MR) is 80.9 cm³/mol. The average molecular weight is 290 g/mol. The first kappa shape index (κ1) is 14.7. The van der Waals surface area contributed by atoms with E-state index in [1.54, 1.807) is 0 Å². The maximum atomic E-state index is 10.7. The number of aromatic nitrogens is 2. The van der Waals surface area contributed by atoms with Crippen LogP contribution < -0.4 is 0 Å². The normalized spacial score (nSPS) is 10.9. The summed E-state index contributed by atoms with van der Waals surface area (Å²) in [7, 11) is 0. The highest BCUT2D eigenvalue weighted by molar-refractivity contribution is 7.99. The highest BCUT2D eigenvalue weighted by Crippen LogP contribution is 2.27. The summed E-state index contributed by atoms with van der Waals surface area (Å²) in [5.41, 5.74) is 2.13. The molecule has 1 N–H and O–H groups in total. The van der Waals surface area contributed by atoms with E-state index >= 15 is 0 Å². The van der Waals surface area contributed by atoms with E-state index in [9.17, 15) is 4.79 Å². The van der Waals surface area contributed by atoms with Crippen molar-refractivity contribution in [2.75, 3.05) is 5.75 Å². The molecule has 1 aromatic carbocycles. The van der Waals surface area contributed by atoms with Crippen molar-refractivity contribution in [1.29, 1.82) is 0 Å². The van der Waals surface area contributed by atoms with E-state index in [2.05, 4.69) is 23.4 Å². The Hall–Kier alpha value is -1.75. The third-order valence-corrected chi connectivity index (χ3v) is 3.74. The molecule has 0 aliphatic rings. The highest BCUT2D eigenvalue weighted by Gasteiger charge is 2.14. The van der Waals surface area contributed by atoms with Crippen LogP contribution in [-0.4, -0.2) is 26.4 Å². The van der Waals surface area contributed by atoms with Gasteiger partial charge in [-0.2, -0.15) is 0 Å². The number of carboxylic acid groups (broad SMARTS) is 1. The van der Waals surface area contributed by atoms with Crippen LogP contribution in [0.4, 0.5) is 0 Å². The summed E-state index contributed by atoms with van der Waals surface area (Å²) in [6.07, 6.45) is 1.82. The van der Waals surface area contributed by atoms with E-state index in [0.29, 0.717) is 5.92 Å². The lowest BCUT2D eigenvalue weighted by Gasteiger charge is -2.13.